The highest BCUT2D eigenvalue weighted by atomic mass is 35.5. The van der Waals surface area contributed by atoms with E-state index < -0.39 is 0 Å². The van der Waals surface area contributed by atoms with Crippen molar-refractivity contribution in [1.29, 1.82) is 0 Å². The molecule has 0 spiro atoms. The highest BCUT2D eigenvalue weighted by Gasteiger charge is 2.10. The van der Waals surface area contributed by atoms with E-state index in [-0.39, 0.29) is 6.29 Å². The zero-order valence-electron chi connectivity index (χ0n) is 9.29. The molecule has 0 radical (unpaired) electrons. The molecule has 0 aliphatic carbocycles. The van der Waals surface area contributed by atoms with Gasteiger partial charge in [0.2, 0.25) is 0 Å². The topological polar surface area (TPSA) is 41.6 Å². The van der Waals surface area contributed by atoms with Crippen molar-refractivity contribution in [2.45, 2.75) is 11.2 Å². The van der Waals surface area contributed by atoms with Gasteiger partial charge in [-0.15, -0.1) is 11.8 Å². The number of halogens is 1. The molecule has 1 aromatic rings. The first-order valence-corrected chi connectivity index (χ1v) is 6.72. The van der Waals surface area contributed by atoms with Crippen molar-refractivity contribution in [2.75, 3.05) is 12.3 Å². The summed E-state index contributed by atoms with van der Waals surface area (Å²) < 4.78 is 0. The van der Waals surface area contributed by atoms with Crippen LogP contribution in [0.3, 0.4) is 0 Å². The van der Waals surface area contributed by atoms with Gasteiger partial charge in [-0.05, 0) is 18.2 Å². The Labute approximate surface area is 110 Å². The smallest absolute Gasteiger partial charge is 0.173 e. The van der Waals surface area contributed by atoms with Crippen LogP contribution in [-0.4, -0.2) is 29.7 Å². The van der Waals surface area contributed by atoms with Crippen LogP contribution >= 0.6 is 23.4 Å². The second-order valence-corrected chi connectivity index (χ2v) is 5.11. The van der Waals surface area contributed by atoms with Crippen molar-refractivity contribution in [3.63, 3.8) is 0 Å². The molecule has 1 unspecified atom stereocenters. The Morgan fingerprint density at radius 3 is 3.00 bits per heavy atom. The molecular weight excluding hydrogens is 254 g/mol. The Balaban J connectivity index is 1.82. The molecule has 0 saturated heterocycles. The monoisotopic (exact) mass is 267 g/mol. The maximum absolute atomic E-state index is 6.08. The predicted molar refractivity (Wildman–Crippen MR) is 74.5 cm³/mol. The second-order valence-electron chi connectivity index (χ2n) is 3.57. The molecule has 90 valence electrons. The lowest BCUT2D eigenvalue weighted by Crippen LogP contribution is -2.39. The van der Waals surface area contributed by atoms with E-state index >= 15 is 0 Å². The highest BCUT2D eigenvalue weighted by Crippen LogP contribution is 2.26. The summed E-state index contributed by atoms with van der Waals surface area (Å²) in [6, 6.07) is 7.85. The van der Waals surface area contributed by atoms with E-state index in [4.69, 9.17) is 17.3 Å². The average Bonchev–Trinajstić information content (AvgIpc) is 2.34. The number of thioether (sulfide) groups is 1. The van der Waals surface area contributed by atoms with Gasteiger partial charge in [0.15, 0.2) is 6.29 Å². The molecule has 0 amide bonds. The van der Waals surface area contributed by atoms with Crippen molar-refractivity contribution in [3.05, 3.63) is 41.6 Å². The van der Waals surface area contributed by atoms with Crippen LogP contribution in [0.4, 0.5) is 0 Å². The molecule has 0 bridgehead atoms. The Morgan fingerprint density at radius 2 is 2.24 bits per heavy atom. The van der Waals surface area contributed by atoms with Gasteiger partial charge in [0.05, 0.1) is 5.02 Å². The SMILES string of the molecule is NC1N=CC=CN1CCSc1ccccc1Cl. The van der Waals surface area contributed by atoms with Gasteiger partial charge in [-0.25, -0.2) is 0 Å². The molecule has 17 heavy (non-hydrogen) atoms. The van der Waals surface area contributed by atoms with E-state index in [0.29, 0.717) is 0 Å². The minimum atomic E-state index is -0.258. The van der Waals surface area contributed by atoms with Crippen molar-refractivity contribution in [1.82, 2.24) is 4.90 Å². The summed E-state index contributed by atoms with van der Waals surface area (Å²) in [5.41, 5.74) is 5.83. The van der Waals surface area contributed by atoms with Crippen LogP contribution < -0.4 is 5.73 Å². The fourth-order valence-corrected chi connectivity index (χ4v) is 2.69. The van der Waals surface area contributed by atoms with Crippen LogP contribution in [0.5, 0.6) is 0 Å². The Hall–Kier alpha value is -0.970. The van der Waals surface area contributed by atoms with Crippen LogP contribution in [0, 0.1) is 0 Å². The molecule has 0 saturated carbocycles. The van der Waals surface area contributed by atoms with Crippen LogP contribution in [0.1, 0.15) is 0 Å². The molecule has 0 aromatic heterocycles. The van der Waals surface area contributed by atoms with Gasteiger partial charge in [0.1, 0.15) is 0 Å². The summed E-state index contributed by atoms with van der Waals surface area (Å²) in [6.07, 6.45) is 5.32. The lowest BCUT2D eigenvalue weighted by Gasteiger charge is -2.26. The fraction of sp³-hybridized carbons (Fsp3) is 0.250. The van der Waals surface area contributed by atoms with Crippen LogP contribution in [0.2, 0.25) is 5.02 Å². The van der Waals surface area contributed by atoms with E-state index in [0.717, 1.165) is 22.2 Å². The molecule has 1 atom stereocenters. The number of nitrogens with two attached hydrogens (primary N) is 1. The molecule has 2 rings (SSSR count). The first-order chi connectivity index (χ1) is 8.27. The number of allylic oxidation sites excluding steroid dienone is 1. The van der Waals surface area contributed by atoms with Gasteiger partial charge in [0.25, 0.3) is 0 Å². The molecule has 5 heteroatoms. The van der Waals surface area contributed by atoms with Crippen LogP contribution in [-0.2, 0) is 0 Å². The summed E-state index contributed by atoms with van der Waals surface area (Å²) in [4.78, 5) is 7.22. The molecule has 0 fully saturated rings. The van der Waals surface area contributed by atoms with Gasteiger partial charge in [-0.1, -0.05) is 23.7 Å². The Morgan fingerprint density at radius 1 is 1.41 bits per heavy atom. The summed E-state index contributed by atoms with van der Waals surface area (Å²) in [5, 5.41) is 0.800. The van der Waals surface area contributed by atoms with E-state index in [9.17, 15) is 0 Å². The van der Waals surface area contributed by atoms with Gasteiger partial charge in [-0.2, -0.15) is 0 Å². The summed E-state index contributed by atoms with van der Waals surface area (Å²) in [7, 11) is 0. The lowest BCUT2D eigenvalue weighted by molar-refractivity contribution is 0.304. The van der Waals surface area contributed by atoms with Gasteiger partial charge in [-0.3, -0.25) is 10.7 Å². The number of hydrogen-bond acceptors (Lipinski definition) is 4. The molecule has 1 aliphatic rings. The highest BCUT2D eigenvalue weighted by molar-refractivity contribution is 7.99. The second kappa shape index (κ2) is 6.10. The number of rotatable bonds is 4. The normalized spacial score (nSPS) is 18.7. The third kappa shape index (κ3) is 3.49. The zero-order chi connectivity index (χ0) is 12.1. The minimum absolute atomic E-state index is 0.258. The average molecular weight is 268 g/mol. The Kier molecular flexibility index (Phi) is 4.48. The number of aliphatic imine (C=N–C) groups is 1. The van der Waals surface area contributed by atoms with Crippen molar-refractivity contribution >= 4 is 29.6 Å². The summed E-state index contributed by atoms with van der Waals surface area (Å²) in [5.74, 6) is 0.928. The summed E-state index contributed by atoms with van der Waals surface area (Å²) >= 11 is 7.81. The minimum Gasteiger partial charge on any atom is -0.343 e. The van der Waals surface area contributed by atoms with E-state index in [1.54, 1.807) is 18.0 Å². The molecular formula is C12H14ClN3S. The summed E-state index contributed by atoms with van der Waals surface area (Å²) in [6.45, 7) is 0.852. The third-order valence-corrected chi connectivity index (χ3v) is 3.88. The first kappa shape index (κ1) is 12.5. The predicted octanol–water partition coefficient (Wildman–Crippen LogP) is 2.57. The quantitative estimate of drug-likeness (QED) is 0.853. The van der Waals surface area contributed by atoms with Gasteiger partial charge < -0.3 is 4.90 Å². The molecule has 1 heterocycles. The van der Waals surface area contributed by atoms with Crippen molar-refractivity contribution in [2.24, 2.45) is 10.7 Å². The number of hydrogen-bond donors (Lipinski definition) is 1. The maximum Gasteiger partial charge on any atom is 0.173 e. The number of nitrogens with zero attached hydrogens (tertiary/aromatic N) is 2. The molecule has 1 aliphatic heterocycles. The lowest BCUT2D eigenvalue weighted by atomic mass is 10.4. The molecule has 1 aromatic carbocycles. The zero-order valence-corrected chi connectivity index (χ0v) is 10.9. The van der Waals surface area contributed by atoms with E-state index in [2.05, 4.69) is 4.99 Å². The largest absolute Gasteiger partial charge is 0.343 e. The van der Waals surface area contributed by atoms with Crippen molar-refractivity contribution in [3.8, 4) is 0 Å². The fourth-order valence-electron chi connectivity index (χ4n) is 1.49. The van der Waals surface area contributed by atoms with Gasteiger partial charge in [0, 0.05) is 29.6 Å². The van der Waals surface area contributed by atoms with Gasteiger partial charge >= 0.3 is 0 Å². The van der Waals surface area contributed by atoms with Crippen LogP contribution in [0.15, 0.2) is 46.4 Å². The van der Waals surface area contributed by atoms with Crippen molar-refractivity contribution < 1.29 is 0 Å². The number of benzene rings is 1. The standard InChI is InChI=1S/C12H14ClN3S/c13-10-4-1-2-5-11(10)17-9-8-16-7-3-6-15-12(16)14/h1-7,12H,8-9,14H2. The van der Waals surface area contributed by atoms with Crippen LogP contribution in [0.25, 0.3) is 0 Å². The first-order valence-electron chi connectivity index (χ1n) is 5.36. The third-order valence-electron chi connectivity index (χ3n) is 2.39. The maximum atomic E-state index is 6.08. The molecule has 3 nitrogen and oxygen atoms in total. The Bertz CT molecular complexity index is 434. The van der Waals surface area contributed by atoms with E-state index in [1.807, 2.05) is 41.4 Å². The van der Waals surface area contributed by atoms with E-state index in [1.165, 1.54) is 0 Å². The molecule has 2 N–H and O–H groups in total.